The van der Waals surface area contributed by atoms with E-state index >= 15 is 0 Å². The van der Waals surface area contributed by atoms with E-state index in [4.69, 9.17) is 5.73 Å². The van der Waals surface area contributed by atoms with Gasteiger partial charge in [0.05, 0.1) is 12.1 Å². The zero-order chi connectivity index (χ0) is 11.4. The highest BCUT2D eigenvalue weighted by Gasteiger charge is 2.17. The molecule has 0 bridgehead atoms. The molecule has 6 nitrogen and oxygen atoms in total. The van der Waals surface area contributed by atoms with Crippen molar-refractivity contribution in [3.05, 3.63) is 0 Å². The molecule has 14 heavy (non-hydrogen) atoms. The minimum absolute atomic E-state index is 0.0208. The minimum Gasteiger partial charge on any atom is -0.389 e. The Hall–Kier alpha value is -1.14. The monoisotopic (exact) mass is 203 g/mol. The van der Waals surface area contributed by atoms with Gasteiger partial charge in [-0.25, -0.2) is 4.79 Å². The third-order valence-electron chi connectivity index (χ3n) is 1.33. The van der Waals surface area contributed by atoms with Crippen molar-refractivity contribution in [2.24, 2.45) is 5.73 Å². The Labute approximate surface area is 83.1 Å². The number of amides is 3. The molecule has 3 amide bonds. The maximum Gasteiger partial charge on any atom is 0.318 e. The topological polar surface area (TPSA) is 95.7 Å². The molecule has 0 atom stereocenters. The van der Waals surface area contributed by atoms with Crippen LogP contribution in [0.1, 0.15) is 13.8 Å². The van der Waals surface area contributed by atoms with E-state index in [2.05, 4.69) is 0 Å². The van der Waals surface area contributed by atoms with E-state index < -0.39 is 17.5 Å². The number of primary amides is 1. The lowest BCUT2D eigenvalue weighted by Crippen LogP contribution is -2.44. The lowest BCUT2D eigenvalue weighted by atomic mass is 10.1. The van der Waals surface area contributed by atoms with Gasteiger partial charge in [-0.3, -0.25) is 15.0 Å². The summed E-state index contributed by atoms with van der Waals surface area (Å²) >= 11 is 0. The van der Waals surface area contributed by atoms with Gasteiger partial charge in [0.1, 0.15) is 0 Å². The van der Waals surface area contributed by atoms with Gasteiger partial charge in [0.2, 0.25) is 5.91 Å². The van der Waals surface area contributed by atoms with Gasteiger partial charge in [-0.1, -0.05) is 0 Å². The van der Waals surface area contributed by atoms with E-state index in [9.17, 15) is 14.7 Å². The van der Waals surface area contributed by atoms with Crippen LogP contribution in [0.4, 0.5) is 4.79 Å². The van der Waals surface area contributed by atoms with Crippen LogP contribution in [0, 0.1) is 0 Å². The third-order valence-corrected chi connectivity index (χ3v) is 1.33. The largest absolute Gasteiger partial charge is 0.389 e. The standard InChI is InChI=1S/C8H17N3O3/c1-8(2,14)5-11(3)4-6(12)10-7(9)13/h14H,4-5H2,1-3H3,(H3,9,10,12,13). The molecule has 0 aliphatic heterocycles. The predicted molar refractivity (Wildman–Crippen MR) is 51.5 cm³/mol. The van der Waals surface area contributed by atoms with Crippen LogP contribution in [0.15, 0.2) is 0 Å². The summed E-state index contributed by atoms with van der Waals surface area (Å²) in [7, 11) is 1.67. The Kier molecular flexibility index (Phi) is 4.52. The molecular weight excluding hydrogens is 186 g/mol. The van der Waals surface area contributed by atoms with E-state index in [1.165, 1.54) is 0 Å². The van der Waals surface area contributed by atoms with E-state index in [-0.39, 0.29) is 6.54 Å². The molecule has 0 aliphatic rings. The maximum absolute atomic E-state index is 11.0. The fourth-order valence-electron chi connectivity index (χ4n) is 1.14. The van der Waals surface area contributed by atoms with Crippen LogP contribution in [0.25, 0.3) is 0 Å². The van der Waals surface area contributed by atoms with Crippen molar-refractivity contribution in [1.29, 1.82) is 0 Å². The molecule has 0 aromatic carbocycles. The number of imide groups is 1. The number of nitrogens with zero attached hydrogens (tertiary/aromatic N) is 1. The zero-order valence-electron chi connectivity index (χ0n) is 8.70. The van der Waals surface area contributed by atoms with Crippen molar-refractivity contribution in [1.82, 2.24) is 10.2 Å². The second-order valence-electron chi connectivity index (χ2n) is 3.90. The number of carbonyl (C=O) groups is 2. The Bertz CT molecular complexity index is 222. The number of nitrogens with two attached hydrogens (primary N) is 1. The van der Waals surface area contributed by atoms with E-state index in [1.807, 2.05) is 5.32 Å². The molecular formula is C8H17N3O3. The predicted octanol–water partition coefficient (Wildman–Crippen LogP) is -1.12. The number of aliphatic hydroxyl groups is 1. The molecule has 82 valence electrons. The summed E-state index contributed by atoms with van der Waals surface area (Å²) < 4.78 is 0. The molecule has 4 N–H and O–H groups in total. The van der Waals surface area contributed by atoms with Crippen molar-refractivity contribution in [2.45, 2.75) is 19.4 Å². The molecule has 0 radical (unpaired) electrons. The number of nitrogens with one attached hydrogen (secondary N) is 1. The molecule has 0 aromatic heterocycles. The van der Waals surface area contributed by atoms with Gasteiger partial charge in [0.25, 0.3) is 0 Å². The average Bonchev–Trinajstić information content (AvgIpc) is 1.77. The summed E-state index contributed by atoms with van der Waals surface area (Å²) in [6, 6.07) is -0.869. The summed E-state index contributed by atoms with van der Waals surface area (Å²) in [6.45, 7) is 3.62. The first kappa shape index (κ1) is 12.9. The van der Waals surface area contributed by atoms with Crippen molar-refractivity contribution < 1.29 is 14.7 Å². The molecule has 0 saturated carbocycles. The van der Waals surface area contributed by atoms with Crippen LogP contribution >= 0.6 is 0 Å². The molecule has 0 saturated heterocycles. The summed E-state index contributed by atoms with van der Waals surface area (Å²) in [5.74, 6) is -0.482. The molecule has 0 heterocycles. The number of hydrogen-bond donors (Lipinski definition) is 3. The maximum atomic E-state index is 11.0. The van der Waals surface area contributed by atoms with Crippen molar-refractivity contribution in [3.63, 3.8) is 0 Å². The number of carbonyl (C=O) groups excluding carboxylic acids is 2. The molecule has 0 aliphatic carbocycles. The Balaban J connectivity index is 3.89. The number of hydrogen-bond acceptors (Lipinski definition) is 4. The van der Waals surface area contributed by atoms with Crippen LogP contribution in [-0.4, -0.2) is 47.7 Å². The lowest BCUT2D eigenvalue weighted by molar-refractivity contribution is -0.121. The lowest BCUT2D eigenvalue weighted by Gasteiger charge is -2.24. The highest BCUT2D eigenvalue weighted by Crippen LogP contribution is 2.02. The van der Waals surface area contributed by atoms with Crippen LogP contribution in [0.2, 0.25) is 0 Å². The molecule has 0 unspecified atom stereocenters. The van der Waals surface area contributed by atoms with Crippen molar-refractivity contribution >= 4 is 11.9 Å². The minimum atomic E-state index is -0.873. The quantitative estimate of drug-likeness (QED) is 0.539. The fourth-order valence-corrected chi connectivity index (χ4v) is 1.14. The van der Waals surface area contributed by atoms with Gasteiger partial charge in [0, 0.05) is 6.54 Å². The fraction of sp³-hybridized carbons (Fsp3) is 0.750. The second-order valence-corrected chi connectivity index (χ2v) is 3.90. The number of rotatable bonds is 4. The first-order chi connectivity index (χ1) is 6.20. The first-order valence-corrected chi connectivity index (χ1v) is 4.21. The summed E-state index contributed by atoms with van der Waals surface area (Å²) in [4.78, 5) is 22.9. The normalized spacial score (nSPS) is 11.5. The van der Waals surface area contributed by atoms with Crippen molar-refractivity contribution in [2.75, 3.05) is 20.1 Å². The summed E-state index contributed by atoms with van der Waals surface area (Å²) in [5, 5.41) is 11.4. The van der Waals surface area contributed by atoms with Crippen LogP contribution in [-0.2, 0) is 4.79 Å². The second kappa shape index (κ2) is 4.92. The SMILES string of the molecule is CN(CC(=O)NC(N)=O)CC(C)(C)O. The highest BCUT2D eigenvalue weighted by molar-refractivity contribution is 5.94. The zero-order valence-corrected chi connectivity index (χ0v) is 8.70. The number of likely N-dealkylation sites (N-methyl/N-ethyl adjacent to an activating group) is 1. The van der Waals surface area contributed by atoms with Gasteiger partial charge in [-0.05, 0) is 20.9 Å². The van der Waals surface area contributed by atoms with Crippen LogP contribution in [0.5, 0.6) is 0 Å². The summed E-state index contributed by atoms with van der Waals surface area (Å²) in [5.41, 5.74) is 3.88. The first-order valence-electron chi connectivity index (χ1n) is 4.21. The molecule has 0 aromatic rings. The van der Waals surface area contributed by atoms with Gasteiger partial charge in [-0.15, -0.1) is 0 Å². The Morgan fingerprint density at radius 3 is 2.36 bits per heavy atom. The third kappa shape index (κ3) is 7.51. The molecule has 6 heteroatoms. The van der Waals surface area contributed by atoms with Gasteiger partial charge in [0.15, 0.2) is 0 Å². The number of urea groups is 1. The van der Waals surface area contributed by atoms with Crippen molar-refractivity contribution in [3.8, 4) is 0 Å². The van der Waals surface area contributed by atoms with Gasteiger partial charge < -0.3 is 10.8 Å². The van der Waals surface area contributed by atoms with Crippen LogP contribution < -0.4 is 11.1 Å². The molecule has 0 fully saturated rings. The van der Waals surface area contributed by atoms with Gasteiger partial charge in [-0.2, -0.15) is 0 Å². The summed E-state index contributed by atoms with van der Waals surface area (Å²) in [6.07, 6.45) is 0. The highest BCUT2D eigenvalue weighted by atomic mass is 16.3. The molecule has 0 spiro atoms. The van der Waals surface area contributed by atoms with E-state index in [0.29, 0.717) is 6.54 Å². The Morgan fingerprint density at radius 1 is 1.50 bits per heavy atom. The average molecular weight is 203 g/mol. The van der Waals surface area contributed by atoms with E-state index in [1.54, 1.807) is 25.8 Å². The smallest absolute Gasteiger partial charge is 0.318 e. The Morgan fingerprint density at radius 2 is 2.00 bits per heavy atom. The van der Waals surface area contributed by atoms with E-state index in [0.717, 1.165) is 0 Å². The van der Waals surface area contributed by atoms with Gasteiger partial charge >= 0.3 is 6.03 Å². The molecule has 0 rings (SSSR count). The van der Waals surface area contributed by atoms with Crippen LogP contribution in [0.3, 0.4) is 0 Å².